The zero-order valence-corrected chi connectivity index (χ0v) is 13.6. The third-order valence-electron chi connectivity index (χ3n) is 4.31. The lowest BCUT2D eigenvalue weighted by atomic mass is 9.96. The summed E-state index contributed by atoms with van der Waals surface area (Å²) in [6.45, 7) is 2.72. The first-order valence-electron chi connectivity index (χ1n) is 7.61. The van der Waals surface area contributed by atoms with Crippen LogP contribution < -0.4 is 0 Å². The van der Waals surface area contributed by atoms with Crippen LogP contribution in [-0.4, -0.2) is 47.8 Å². The van der Waals surface area contributed by atoms with Crippen molar-refractivity contribution >= 4 is 17.1 Å². The van der Waals surface area contributed by atoms with Gasteiger partial charge in [-0.3, -0.25) is 9.69 Å². The fourth-order valence-corrected chi connectivity index (χ4v) is 5.39. The summed E-state index contributed by atoms with van der Waals surface area (Å²) in [6.07, 6.45) is 4.06. The predicted molar refractivity (Wildman–Crippen MR) is 86.3 cm³/mol. The number of carboxylic acid groups (broad SMARTS) is 1. The van der Waals surface area contributed by atoms with Crippen LogP contribution in [0.1, 0.15) is 25.3 Å². The summed E-state index contributed by atoms with van der Waals surface area (Å²) in [4.78, 5) is 14.8. The number of fused-ring (bicyclic) bond motifs is 1. The SMILES string of the molecule is CCCN1C=CN2C1[S+]([O-])C(CC(=O)O)C2(O)c1ccccc1. The highest BCUT2D eigenvalue weighted by atomic mass is 32.2. The van der Waals surface area contributed by atoms with Gasteiger partial charge in [0.2, 0.25) is 5.72 Å². The van der Waals surface area contributed by atoms with Crippen LogP contribution in [-0.2, 0) is 21.7 Å². The van der Waals surface area contributed by atoms with Crippen molar-refractivity contribution in [2.24, 2.45) is 0 Å². The Morgan fingerprint density at radius 2 is 2.04 bits per heavy atom. The van der Waals surface area contributed by atoms with Crippen LogP contribution >= 0.6 is 0 Å². The molecular weight excluding hydrogens is 316 g/mol. The number of aliphatic hydroxyl groups is 1. The second-order valence-electron chi connectivity index (χ2n) is 5.78. The molecule has 1 saturated heterocycles. The number of rotatable bonds is 5. The summed E-state index contributed by atoms with van der Waals surface area (Å²) in [5, 5.41) is 19.7. The summed E-state index contributed by atoms with van der Waals surface area (Å²) in [6, 6.07) is 8.87. The Hall–Kier alpha value is -1.70. The van der Waals surface area contributed by atoms with Gasteiger partial charge in [-0.25, -0.2) is 0 Å². The zero-order chi connectivity index (χ0) is 16.6. The van der Waals surface area contributed by atoms with Gasteiger partial charge in [0.05, 0.1) is 6.42 Å². The topological polar surface area (TPSA) is 87.1 Å². The molecule has 4 atom stereocenters. The first kappa shape index (κ1) is 16.2. The predicted octanol–water partition coefficient (Wildman–Crippen LogP) is 1.22. The van der Waals surface area contributed by atoms with Gasteiger partial charge in [0.25, 0.3) is 5.50 Å². The standard InChI is InChI=1S/C16H20N2O4S/c1-2-8-17-9-10-18-15(17)23(22)13(11-14(19)20)16(18,21)12-6-4-3-5-7-12/h3-7,9-10,13,15,21H,2,8,11H2,1H3,(H,19,20). The van der Waals surface area contributed by atoms with E-state index >= 15 is 0 Å². The smallest absolute Gasteiger partial charge is 0.308 e. The first-order valence-corrected chi connectivity index (χ1v) is 8.89. The third kappa shape index (κ3) is 2.49. The summed E-state index contributed by atoms with van der Waals surface area (Å²) < 4.78 is 13.0. The molecule has 4 unspecified atom stereocenters. The Labute approximate surface area is 138 Å². The van der Waals surface area contributed by atoms with E-state index in [0.29, 0.717) is 12.1 Å². The van der Waals surface area contributed by atoms with E-state index in [0.717, 1.165) is 6.42 Å². The van der Waals surface area contributed by atoms with E-state index in [1.807, 2.05) is 24.1 Å². The second kappa shape index (κ2) is 6.07. The van der Waals surface area contributed by atoms with Gasteiger partial charge in [-0.2, -0.15) is 0 Å². The maximum Gasteiger partial charge on any atom is 0.308 e. The van der Waals surface area contributed by atoms with Crippen LogP contribution in [0.3, 0.4) is 0 Å². The molecular formula is C16H20N2O4S. The zero-order valence-electron chi connectivity index (χ0n) is 12.8. The molecule has 3 rings (SSSR count). The van der Waals surface area contributed by atoms with Gasteiger partial charge in [0.15, 0.2) is 5.25 Å². The van der Waals surface area contributed by atoms with E-state index < -0.39 is 33.6 Å². The van der Waals surface area contributed by atoms with Crippen LogP contribution in [0.2, 0.25) is 0 Å². The number of nitrogens with zero attached hydrogens (tertiary/aromatic N) is 2. The van der Waals surface area contributed by atoms with Gasteiger partial charge in [-0.05, 0) is 6.42 Å². The number of carboxylic acids is 1. The van der Waals surface area contributed by atoms with E-state index in [1.165, 1.54) is 0 Å². The minimum absolute atomic E-state index is 0.348. The van der Waals surface area contributed by atoms with Crippen molar-refractivity contribution in [1.29, 1.82) is 0 Å². The highest BCUT2D eigenvalue weighted by molar-refractivity contribution is 7.92. The molecule has 0 aliphatic carbocycles. The molecule has 7 heteroatoms. The Balaban J connectivity index is 2.04. The average Bonchev–Trinajstić information content (AvgIpc) is 3.04. The quantitative estimate of drug-likeness (QED) is 0.786. The molecule has 2 N–H and O–H groups in total. The van der Waals surface area contributed by atoms with Gasteiger partial charge in [-0.15, -0.1) is 0 Å². The molecule has 2 heterocycles. The Morgan fingerprint density at radius 3 is 2.65 bits per heavy atom. The van der Waals surface area contributed by atoms with Crippen molar-refractivity contribution in [2.45, 2.75) is 36.2 Å². The molecule has 0 bridgehead atoms. The van der Waals surface area contributed by atoms with E-state index in [2.05, 4.69) is 0 Å². The molecule has 2 aliphatic rings. The minimum Gasteiger partial charge on any atom is -0.613 e. The van der Waals surface area contributed by atoms with Crippen molar-refractivity contribution in [3.05, 3.63) is 48.3 Å². The van der Waals surface area contributed by atoms with E-state index in [4.69, 9.17) is 0 Å². The summed E-state index contributed by atoms with van der Waals surface area (Å²) >= 11 is -1.53. The van der Waals surface area contributed by atoms with Crippen molar-refractivity contribution in [3.8, 4) is 0 Å². The highest BCUT2D eigenvalue weighted by Crippen LogP contribution is 2.48. The van der Waals surface area contributed by atoms with Crippen LogP contribution in [0.5, 0.6) is 0 Å². The molecule has 1 aromatic carbocycles. The maximum absolute atomic E-state index is 13.0. The monoisotopic (exact) mass is 336 g/mol. The Bertz CT molecular complexity index is 611. The largest absolute Gasteiger partial charge is 0.613 e. The molecule has 0 saturated carbocycles. The third-order valence-corrected chi connectivity index (χ3v) is 6.28. The van der Waals surface area contributed by atoms with Crippen molar-refractivity contribution < 1.29 is 19.6 Å². The van der Waals surface area contributed by atoms with Gasteiger partial charge >= 0.3 is 5.97 Å². The number of hydrogen-bond acceptors (Lipinski definition) is 5. The van der Waals surface area contributed by atoms with Crippen LogP contribution in [0.25, 0.3) is 0 Å². The molecule has 1 aromatic rings. The fourth-order valence-electron chi connectivity index (χ4n) is 3.31. The van der Waals surface area contributed by atoms with Crippen LogP contribution in [0, 0.1) is 0 Å². The van der Waals surface area contributed by atoms with E-state index in [1.54, 1.807) is 35.4 Å². The summed E-state index contributed by atoms with van der Waals surface area (Å²) in [5.74, 6) is -1.06. The molecule has 0 amide bonds. The van der Waals surface area contributed by atoms with Crippen LogP contribution in [0.4, 0.5) is 0 Å². The van der Waals surface area contributed by atoms with Gasteiger partial charge < -0.3 is 19.7 Å². The van der Waals surface area contributed by atoms with Crippen molar-refractivity contribution in [2.75, 3.05) is 6.54 Å². The molecule has 6 nitrogen and oxygen atoms in total. The lowest BCUT2D eigenvalue weighted by Crippen LogP contribution is -2.47. The Kier molecular flexibility index (Phi) is 4.27. The molecule has 0 aromatic heterocycles. The summed E-state index contributed by atoms with van der Waals surface area (Å²) in [5.41, 5.74) is -1.55. The second-order valence-corrected chi connectivity index (χ2v) is 7.42. The number of benzene rings is 1. The molecule has 124 valence electrons. The molecule has 2 aliphatic heterocycles. The van der Waals surface area contributed by atoms with Crippen LogP contribution in [0.15, 0.2) is 42.7 Å². The summed E-state index contributed by atoms with van der Waals surface area (Å²) in [7, 11) is 0. The number of aliphatic carboxylic acids is 1. The average molecular weight is 336 g/mol. The number of carbonyl (C=O) groups is 1. The lowest BCUT2D eigenvalue weighted by Gasteiger charge is -2.32. The maximum atomic E-state index is 13.0. The molecule has 23 heavy (non-hydrogen) atoms. The van der Waals surface area contributed by atoms with E-state index in [9.17, 15) is 19.6 Å². The van der Waals surface area contributed by atoms with Crippen molar-refractivity contribution in [3.63, 3.8) is 0 Å². The fraction of sp³-hybridized carbons (Fsp3) is 0.438. The molecule has 0 spiro atoms. The first-order chi connectivity index (χ1) is 11.0. The van der Waals surface area contributed by atoms with Crippen molar-refractivity contribution in [1.82, 2.24) is 9.80 Å². The van der Waals surface area contributed by atoms with Gasteiger partial charge in [0.1, 0.15) is 0 Å². The normalized spacial score (nSPS) is 32.4. The van der Waals surface area contributed by atoms with Gasteiger partial charge in [-0.1, -0.05) is 37.3 Å². The minimum atomic E-state index is -1.59. The molecule has 0 radical (unpaired) electrons. The molecule has 1 fully saturated rings. The number of hydrogen-bond donors (Lipinski definition) is 2. The van der Waals surface area contributed by atoms with E-state index in [-0.39, 0.29) is 6.42 Å². The van der Waals surface area contributed by atoms with Gasteiger partial charge in [0, 0.05) is 35.7 Å². The highest BCUT2D eigenvalue weighted by Gasteiger charge is 2.65. The Morgan fingerprint density at radius 1 is 1.35 bits per heavy atom. The lowest BCUT2D eigenvalue weighted by molar-refractivity contribution is -0.141.